The minimum Gasteiger partial charge on any atom is -0.381 e. The average molecular weight is 101 g/mol. The first-order valence-electron chi connectivity index (χ1n) is 2.66. The van der Waals surface area contributed by atoms with Crippen LogP contribution in [0.1, 0.15) is 6.92 Å². The highest BCUT2D eigenvalue weighted by Gasteiger charge is 2.20. The molecule has 0 aromatic rings. The lowest BCUT2D eigenvalue weighted by Gasteiger charge is -2.34. The summed E-state index contributed by atoms with van der Waals surface area (Å²) in [6.45, 7) is 4.59. The molecule has 1 N–H and O–H groups in total. The van der Waals surface area contributed by atoms with Crippen molar-refractivity contribution < 1.29 is 5.11 Å². The second-order valence-corrected chi connectivity index (χ2v) is 2.28. The molecular weight excluding hydrogens is 90.1 g/mol. The zero-order valence-electron chi connectivity index (χ0n) is 4.59. The van der Waals surface area contributed by atoms with Crippen LogP contribution in [0.3, 0.4) is 0 Å². The smallest absolute Gasteiger partial charge is 0.0956 e. The van der Waals surface area contributed by atoms with Crippen LogP contribution in [0.25, 0.3) is 0 Å². The average Bonchev–Trinajstić information content (AvgIpc) is 1.58. The van der Waals surface area contributed by atoms with Crippen LogP contribution < -0.4 is 0 Å². The van der Waals surface area contributed by atoms with E-state index in [2.05, 4.69) is 6.92 Å². The van der Waals surface area contributed by atoms with Gasteiger partial charge < -0.3 is 5.11 Å². The fourth-order valence-corrected chi connectivity index (χ4v) is 0.944. The molecule has 0 aromatic carbocycles. The summed E-state index contributed by atoms with van der Waals surface area (Å²) in [5.41, 5.74) is 0. The van der Waals surface area contributed by atoms with Crippen molar-refractivity contribution in [1.82, 2.24) is 4.90 Å². The van der Waals surface area contributed by atoms with Gasteiger partial charge in [-0.05, 0) is 5.92 Å². The van der Waals surface area contributed by atoms with Crippen LogP contribution in [0.2, 0.25) is 0 Å². The number of likely N-dealkylation sites (tertiary alicyclic amines) is 1. The molecule has 0 atom stereocenters. The first-order valence-corrected chi connectivity index (χ1v) is 2.66. The van der Waals surface area contributed by atoms with Gasteiger partial charge in [0.2, 0.25) is 0 Å². The van der Waals surface area contributed by atoms with E-state index in [0.29, 0.717) is 0 Å². The van der Waals surface area contributed by atoms with E-state index < -0.39 is 0 Å². The van der Waals surface area contributed by atoms with Gasteiger partial charge in [0.05, 0.1) is 6.73 Å². The van der Waals surface area contributed by atoms with Crippen molar-refractivity contribution in [3.05, 3.63) is 0 Å². The molecule has 7 heavy (non-hydrogen) atoms. The quantitative estimate of drug-likeness (QED) is 0.498. The summed E-state index contributed by atoms with van der Waals surface area (Å²) in [4.78, 5) is 2.00. The number of aliphatic hydroxyl groups is 1. The maximum Gasteiger partial charge on any atom is 0.0956 e. The third-order valence-corrected chi connectivity index (χ3v) is 1.34. The van der Waals surface area contributed by atoms with E-state index in [4.69, 9.17) is 5.11 Å². The highest BCUT2D eigenvalue weighted by atomic mass is 16.3. The van der Waals surface area contributed by atoms with Crippen LogP contribution >= 0.6 is 0 Å². The highest BCUT2D eigenvalue weighted by molar-refractivity contribution is 4.72. The van der Waals surface area contributed by atoms with Gasteiger partial charge in [-0.25, -0.2) is 0 Å². The van der Waals surface area contributed by atoms with E-state index in [1.54, 1.807) is 0 Å². The Hall–Kier alpha value is -0.0800. The highest BCUT2D eigenvalue weighted by Crippen LogP contribution is 2.11. The molecule has 0 saturated carbocycles. The summed E-state index contributed by atoms with van der Waals surface area (Å²) in [5.74, 6) is 0.812. The molecule has 1 rings (SSSR count). The molecular formula is C5H11NO. The second kappa shape index (κ2) is 1.80. The number of hydrogen-bond donors (Lipinski definition) is 1. The van der Waals surface area contributed by atoms with Gasteiger partial charge in [-0.2, -0.15) is 0 Å². The van der Waals surface area contributed by atoms with Gasteiger partial charge in [0.15, 0.2) is 0 Å². The molecule has 2 heteroatoms. The Kier molecular flexibility index (Phi) is 1.30. The normalized spacial score (nSPS) is 24.9. The molecule has 1 aliphatic rings. The Labute approximate surface area is 43.7 Å². The van der Waals surface area contributed by atoms with Gasteiger partial charge >= 0.3 is 0 Å². The Morgan fingerprint density at radius 3 is 2.43 bits per heavy atom. The Morgan fingerprint density at radius 1 is 1.71 bits per heavy atom. The van der Waals surface area contributed by atoms with Crippen molar-refractivity contribution in [1.29, 1.82) is 0 Å². The molecule has 0 unspecified atom stereocenters. The van der Waals surface area contributed by atoms with Crippen LogP contribution in [0.5, 0.6) is 0 Å². The third-order valence-electron chi connectivity index (χ3n) is 1.34. The monoisotopic (exact) mass is 101 g/mol. The maximum absolute atomic E-state index is 8.43. The number of rotatable bonds is 1. The molecule has 0 aromatic heterocycles. The summed E-state index contributed by atoms with van der Waals surface area (Å²) >= 11 is 0. The molecule has 1 aliphatic heterocycles. The van der Waals surface area contributed by atoms with Crippen molar-refractivity contribution in [2.75, 3.05) is 19.8 Å². The van der Waals surface area contributed by atoms with E-state index in [-0.39, 0.29) is 6.73 Å². The molecule has 1 fully saturated rings. The first kappa shape index (κ1) is 5.06. The lowest BCUT2D eigenvalue weighted by molar-refractivity contribution is 0.0200. The predicted molar refractivity (Wildman–Crippen MR) is 27.8 cm³/mol. The molecule has 0 radical (unpaired) electrons. The Balaban J connectivity index is 2.06. The van der Waals surface area contributed by atoms with Crippen molar-refractivity contribution in [3.8, 4) is 0 Å². The predicted octanol–water partition coefficient (Wildman–Crippen LogP) is -0.112. The maximum atomic E-state index is 8.43. The molecule has 2 nitrogen and oxygen atoms in total. The van der Waals surface area contributed by atoms with Gasteiger partial charge in [0.1, 0.15) is 0 Å². The zero-order valence-corrected chi connectivity index (χ0v) is 4.59. The lowest BCUT2D eigenvalue weighted by Crippen LogP contribution is -2.45. The third kappa shape index (κ3) is 0.924. The standard InChI is InChI=1S/C5H11NO/c1-5-2-6(3-5)4-7/h5,7H,2-4H2,1H3. The molecule has 0 amide bonds. The minimum atomic E-state index is 0.240. The van der Waals surface area contributed by atoms with Crippen LogP contribution in [0, 0.1) is 5.92 Å². The fourth-order valence-electron chi connectivity index (χ4n) is 0.944. The van der Waals surface area contributed by atoms with Crippen molar-refractivity contribution in [3.63, 3.8) is 0 Å². The number of nitrogens with zero attached hydrogens (tertiary/aromatic N) is 1. The lowest BCUT2D eigenvalue weighted by atomic mass is 10.0. The van der Waals surface area contributed by atoms with Crippen LogP contribution in [0.15, 0.2) is 0 Å². The molecule has 1 heterocycles. The summed E-state index contributed by atoms with van der Waals surface area (Å²) in [7, 11) is 0. The SMILES string of the molecule is CC1CN(CO)C1. The van der Waals surface area contributed by atoms with E-state index in [9.17, 15) is 0 Å². The van der Waals surface area contributed by atoms with Crippen LogP contribution in [-0.4, -0.2) is 29.8 Å². The van der Waals surface area contributed by atoms with Gasteiger partial charge in [-0.15, -0.1) is 0 Å². The van der Waals surface area contributed by atoms with Crippen molar-refractivity contribution in [2.45, 2.75) is 6.92 Å². The van der Waals surface area contributed by atoms with Crippen LogP contribution in [0.4, 0.5) is 0 Å². The van der Waals surface area contributed by atoms with Gasteiger partial charge in [0.25, 0.3) is 0 Å². The van der Waals surface area contributed by atoms with E-state index in [1.807, 2.05) is 4.90 Å². The van der Waals surface area contributed by atoms with Crippen molar-refractivity contribution >= 4 is 0 Å². The topological polar surface area (TPSA) is 23.5 Å². The van der Waals surface area contributed by atoms with Gasteiger partial charge in [-0.3, -0.25) is 4.90 Å². The van der Waals surface area contributed by atoms with Crippen molar-refractivity contribution in [2.24, 2.45) is 5.92 Å². The molecule has 1 saturated heterocycles. The molecule has 42 valence electrons. The number of aliphatic hydroxyl groups excluding tert-OH is 1. The summed E-state index contributed by atoms with van der Waals surface area (Å²) in [6.07, 6.45) is 0. The first-order chi connectivity index (χ1) is 3.33. The largest absolute Gasteiger partial charge is 0.381 e. The van der Waals surface area contributed by atoms with Gasteiger partial charge in [0, 0.05) is 13.1 Å². The van der Waals surface area contributed by atoms with E-state index in [1.165, 1.54) is 0 Å². The summed E-state index contributed by atoms with van der Waals surface area (Å²) < 4.78 is 0. The minimum absolute atomic E-state index is 0.240. The Bertz CT molecular complexity index is 59.1. The number of hydrogen-bond acceptors (Lipinski definition) is 2. The molecule has 0 bridgehead atoms. The Morgan fingerprint density at radius 2 is 2.29 bits per heavy atom. The summed E-state index contributed by atoms with van der Waals surface area (Å²) in [5, 5.41) is 8.43. The van der Waals surface area contributed by atoms with E-state index in [0.717, 1.165) is 19.0 Å². The summed E-state index contributed by atoms with van der Waals surface area (Å²) in [6, 6.07) is 0. The fraction of sp³-hybridized carbons (Fsp3) is 1.00. The molecule has 0 aliphatic carbocycles. The second-order valence-electron chi connectivity index (χ2n) is 2.28. The molecule has 0 spiro atoms. The van der Waals surface area contributed by atoms with E-state index >= 15 is 0 Å². The van der Waals surface area contributed by atoms with Crippen LogP contribution in [-0.2, 0) is 0 Å². The zero-order chi connectivity index (χ0) is 5.28. The van der Waals surface area contributed by atoms with Gasteiger partial charge in [-0.1, -0.05) is 6.92 Å².